The van der Waals surface area contributed by atoms with Gasteiger partial charge in [-0.3, -0.25) is 9.59 Å². The molecule has 0 aromatic rings. The van der Waals surface area contributed by atoms with E-state index in [0.717, 1.165) is 6.92 Å². The summed E-state index contributed by atoms with van der Waals surface area (Å²) in [6.45, 7) is 1.14. The monoisotopic (exact) mass is 136 g/mol. The molecule has 0 amide bonds. The summed E-state index contributed by atoms with van der Waals surface area (Å²) in [5.74, 6) is -5.10. The van der Waals surface area contributed by atoms with Crippen LogP contribution >= 0.6 is 0 Å². The Balaban J connectivity index is 4.13. The number of carbonyl (C=O) groups is 2. The zero-order chi connectivity index (χ0) is 7.49. The Morgan fingerprint density at radius 1 is 1.67 bits per heavy atom. The van der Waals surface area contributed by atoms with E-state index in [4.69, 9.17) is 0 Å². The second kappa shape index (κ2) is 2.66. The van der Waals surface area contributed by atoms with Crippen molar-refractivity contribution in [2.24, 2.45) is 0 Å². The minimum Gasteiger partial charge on any atom is -0.294 e. The zero-order valence-corrected chi connectivity index (χ0v) is 4.86. The van der Waals surface area contributed by atoms with Crippen molar-refractivity contribution in [3.8, 4) is 0 Å². The number of carbonyl (C=O) groups excluding carboxylic acids is 2. The summed E-state index contributed by atoms with van der Waals surface area (Å²) < 4.78 is 23.9. The van der Waals surface area contributed by atoms with Crippen molar-refractivity contribution in [1.82, 2.24) is 0 Å². The molecule has 0 aromatic carbocycles. The average molecular weight is 136 g/mol. The lowest BCUT2D eigenvalue weighted by atomic mass is 10.2. The minimum absolute atomic E-state index is 0.358. The van der Waals surface area contributed by atoms with Crippen molar-refractivity contribution in [2.45, 2.75) is 19.3 Å². The normalized spacial score (nSPS) is 11.0. The fourth-order valence-corrected chi connectivity index (χ4v) is 0.260. The Morgan fingerprint density at radius 2 is 2.11 bits per heavy atom. The fraction of sp³-hybridized carbons (Fsp3) is 0.600. The number of hydrogen-bond donors (Lipinski definition) is 0. The van der Waals surface area contributed by atoms with E-state index in [0.29, 0.717) is 0 Å². The highest BCUT2D eigenvalue weighted by atomic mass is 19.3. The summed E-state index contributed by atoms with van der Waals surface area (Å²) in [6.07, 6.45) is -0.978. The predicted octanol–water partition coefficient (Wildman–Crippen LogP) is 0.800. The third-order valence-corrected chi connectivity index (χ3v) is 0.912. The van der Waals surface area contributed by atoms with Gasteiger partial charge in [0.25, 0.3) is 5.78 Å². The quantitative estimate of drug-likeness (QED) is 0.424. The number of ketones is 1. The molecule has 0 unspecified atom stereocenters. The second-order valence-electron chi connectivity index (χ2n) is 1.54. The molecular weight excluding hydrogens is 130 g/mol. The maximum Gasteiger partial charge on any atom is 0.312 e. The summed E-state index contributed by atoms with van der Waals surface area (Å²) >= 11 is 0. The number of Topliss-reactive ketones (excluding diaryl/α,β-unsaturated/α-hetero) is 1. The van der Waals surface area contributed by atoms with Gasteiger partial charge in [0, 0.05) is 6.42 Å². The topological polar surface area (TPSA) is 34.1 Å². The van der Waals surface area contributed by atoms with Crippen LogP contribution < -0.4 is 0 Å². The minimum atomic E-state index is -3.46. The highest BCUT2D eigenvalue weighted by molar-refractivity contribution is 6.28. The van der Waals surface area contributed by atoms with E-state index in [-0.39, 0.29) is 6.29 Å². The maximum absolute atomic E-state index is 12.0. The standard InChI is InChI=1S/C5H6F2O2/c1-2-5(6,7)4(9)3-8/h3H,2H2,1H3. The molecule has 52 valence electrons. The molecule has 0 atom stereocenters. The van der Waals surface area contributed by atoms with Crippen molar-refractivity contribution in [2.75, 3.05) is 0 Å². The zero-order valence-electron chi connectivity index (χ0n) is 4.86. The average Bonchev–Trinajstić information content (AvgIpc) is 1.86. The van der Waals surface area contributed by atoms with E-state index < -0.39 is 18.1 Å². The molecule has 0 fully saturated rings. The summed E-state index contributed by atoms with van der Waals surface area (Å²) in [4.78, 5) is 19.4. The van der Waals surface area contributed by atoms with Gasteiger partial charge in [0.15, 0.2) is 6.29 Å². The van der Waals surface area contributed by atoms with Crippen LogP contribution in [0.4, 0.5) is 8.78 Å². The van der Waals surface area contributed by atoms with Gasteiger partial charge in [0.2, 0.25) is 0 Å². The smallest absolute Gasteiger partial charge is 0.294 e. The van der Waals surface area contributed by atoms with E-state index in [2.05, 4.69) is 0 Å². The van der Waals surface area contributed by atoms with Crippen LogP contribution in [0.2, 0.25) is 0 Å². The van der Waals surface area contributed by atoms with Crippen LogP contribution in [0.1, 0.15) is 13.3 Å². The molecule has 0 saturated heterocycles. The first-order valence-corrected chi connectivity index (χ1v) is 2.42. The van der Waals surface area contributed by atoms with E-state index in [1.165, 1.54) is 0 Å². The van der Waals surface area contributed by atoms with Crippen LogP contribution in [-0.4, -0.2) is 18.0 Å². The largest absolute Gasteiger partial charge is 0.312 e. The van der Waals surface area contributed by atoms with Gasteiger partial charge >= 0.3 is 5.92 Å². The Morgan fingerprint density at radius 3 is 2.22 bits per heavy atom. The first-order chi connectivity index (χ1) is 4.04. The van der Waals surface area contributed by atoms with Crippen LogP contribution in [-0.2, 0) is 9.59 Å². The fourth-order valence-electron chi connectivity index (χ4n) is 0.260. The molecule has 0 aliphatic heterocycles. The lowest BCUT2D eigenvalue weighted by Crippen LogP contribution is -2.28. The summed E-state index contributed by atoms with van der Waals surface area (Å²) in [7, 11) is 0. The van der Waals surface area contributed by atoms with Crippen LogP contribution in [0.15, 0.2) is 0 Å². The lowest BCUT2D eigenvalue weighted by molar-refractivity contribution is -0.147. The third-order valence-electron chi connectivity index (χ3n) is 0.912. The molecule has 0 aromatic heterocycles. The summed E-state index contributed by atoms with van der Waals surface area (Å²) in [5, 5.41) is 0. The Hall–Kier alpha value is -0.800. The Labute approximate surface area is 50.9 Å². The number of aldehydes is 1. The van der Waals surface area contributed by atoms with E-state index in [1.807, 2.05) is 0 Å². The highest BCUT2D eigenvalue weighted by Crippen LogP contribution is 2.17. The SMILES string of the molecule is CCC(F)(F)C(=O)C=O. The van der Waals surface area contributed by atoms with Crippen molar-refractivity contribution < 1.29 is 18.4 Å². The van der Waals surface area contributed by atoms with Gasteiger partial charge < -0.3 is 0 Å². The third kappa shape index (κ3) is 1.87. The molecule has 0 saturated carbocycles. The maximum atomic E-state index is 12.0. The van der Waals surface area contributed by atoms with Gasteiger partial charge in [-0.1, -0.05) is 6.92 Å². The second-order valence-corrected chi connectivity index (χ2v) is 1.54. The number of alkyl halides is 2. The van der Waals surface area contributed by atoms with Gasteiger partial charge in [-0.05, 0) is 0 Å². The first-order valence-electron chi connectivity index (χ1n) is 2.42. The van der Waals surface area contributed by atoms with Crippen molar-refractivity contribution in [3.63, 3.8) is 0 Å². The van der Waals surface area contributed by atoms with Crippen molar-refractivity contribution in [1.29, 1.82) is 0 Å². The molecule has 2 nitrogen and oxygen atoms in total. The first kappa shape index (κ1) is 8.20. The van der Waals surface area contributed by atoms with Gasteiger partial charge in [-0.25, -0.2) is 0 Å². The van der Waals surface area contributed by atoms with Gasteiger partial charge in [0.1, 0.15) is 0 Å². The van der Waals surface area contributed by atoms with Gasteiger partial charge in [-0.2, -0.15) is 8.78 Å². The van der Waals surface area contributed by atoms with E-state index in [9.17, 15) is 18.4 Å². The highest BCUT2D eigenvalue weighted by Gasteiger charge is 2.35. The molecule has 0 radical (unpaired) electrons. The molecule has 0 bridgehead atoms. The van der Waals surface area contributed by atoms with Crippen LogP contribution in [0.3, 0.4) is 0 Å². The Kier molecular flexibility index (Phi) is 2.42. The number of halogens is 2. The molecule has 0 spiro atoms. The number of rotatable bonds is 3. The van der Waals surface area contributed by atoms with Crippen molar-refractivity contribution >= 4 is 12.1 Å². The molecule has 0 N–H and O–H groups in total. The summed E-state index contributed by atoms with van der Waals surface area (Å²) in [6, 6.07) is 0. The molecule has 9 heavy (non-hydrogen) atoms. The van der Waals surface area contributed by atoms with Crippen molar-refractivity contribution in [3.05, 3.63) is 0 Å². The number of hydrogen-bond acceptors (Lipinski definition) is 2. The van der Waals surface area contributed by atoms with Gasteiger partial charge in [0.05, 0.1) is 0 Å². The Bertz CT molecular complexity index is 131. The molecule has 0 aliphatic rings. The molecule has 4 heteroatoms. The molecule has 0 heterocycles. The van der Waals surface area contributed by atoms with Gasteiger partial charge in [-0.15, -0.1) is 0 Å². The summed E-state index contributed by atoms with van der Waals surface area (Å²) in [5.41, 5.74) is 0. The van der Waals surface area contributed by atoms with Crippen LogP contribution in [0.25, 0.3) is 0 Å². The molecule has 0 rings (SSSR count). The van der Waals surface area contributed by atoms with Crippen LogP contribution in [0.5, 0.6) is 0 Å². The lowest BCUT2D eigenvalue weighted by Gasteiger charge is -2.05. The van der Waals surface area contributed by atoms with E-state index >= 15 is 0 Å². The molecular formula is C5H6F2O2. The van der Waals surface area contributed by atoms with E-state index in [1.54, 1.807) is 0 Å². The predicted molar refractivity (Wildman–Crippen MR) is 26.3 cm³/mol. The molecule has 0 aliphatic carbocycles. The van der Waals surface area contributed by atoms with Crippen LogP contribution in [0, 0.1) is 0 Å².